The van der Waals surface area contributed by atoms with E-state index in [0.717, 1.165) is 11.3 Å². The molecule has 1 saturated heterocycles. The molecule has 2 rings (SSSR count). The number of hydrogen-bond donors (Lipinski definition) is 1. The summed E-state index contributed by atoms with van der Waals surface area (Å²) in [4.78, 5) is 14.2. The van der Waals surface area contributed by atoms with E-state index in [0.29, 0.717) is 10.8 Å². The number of rotatable bonds is 6. The van der Waals surface area contributed by atoms with Gasteiger partial charge in [-0.05, 0) is 32.4 Å². The second-order valence-corrected chi connectivity index (χ2v) is 8.34. The Bertz CT molecular complexity index is 609. The molecule has 8 heteroatoms. The quantitative estimate of drug-likeness (QED) is 0.862. The summed E-state index contributed by atoms with van der Waals surface area (Å²) in [7, 11) is -3.53. The van der Waals surface area contributed by atoms with Crippen molar-refractivity contribution in [3.63, 3.8) is 0 Å². The highest BCUT2D eigenvalue weighted by molar-refractivity contribution is 7.91. The van der Waals surface area contributed by atoms with Crippen LogP contribution in [0.3, 0.4) is 0 Å². The number of thiophene rings is 1. The third kappa shape index (κ3) is 3.75. The van der Waals surface area contributed by atoms with E-state index in [1.165, 1.54) is 11.3 Å². The highest BCUT2D eigenvalue weighted by Gasteiger charge is 2.33. The smallest absolute Gasteiger partial charge is 0.410 e. The average Bonchev–Trinajstić information content (AvgIpc) is 3.03. The van der Waals surface area contributed by atoms with Gasteiger partial charge in [0.2, 0.25) is 10.0 Å². The van der Waals surface area contributed by atoms with Crippen molar-refractivity contribution in [1.29, 1.82) is 0 Å². The number of carbonyl (C=O) groups excluding carboxylic acids is 1. The summed E-state index contributed by atoms with van der Waals surface area (Å²) >= 11 is 1.26. The minimum Gasteiger partial charge on any atom is -0.443 e. The second-order valence-electron chi connectivity index (χ2n) is 5.18. The Hall–Kier alpha value is -1.12. The molecule has 6 nitrogen and oxygen atoms in total. The van der Waals surface area contributed by atoms with Crippen LogP contribution in [0.5, 0.6) is 0 Å². The second kappa shape index (κ2) is 6.33. The van der Waals surface area contributed by atoms with Gasteiger partial charge in [0.25, 0.3) is 0 Å². The Kier molecular flexibility index (Phi) is 4.90. The molecule has 1 amide bonds. The summed E-state index contributed by atoms with van der Waals surface area (Å²) in [5, 5.41) is 0. The lowest BCUT2D eigenvalue weighted by molar-refractivity contribution is 0.130. The fourth-order valence-electron chi connectivity index (χ4n) is 2.04. The molecule has 0 saturated carbocycles. The van der Waals surface area contributed by atoms with Gasteiger partial charge in [-0.2, -0.15) is 0 Å². The summed E-state index contributed by atoms with van der Waals surface area (Å²) in [6.07, 6.45) is -0.0251. The van der Waals surface area contributed by atoms with Crippen molar-refractivity contribution in [3.8, 4) is 0 Å². The van der Waals surface area contributed by atoms with Crippen LogP contribution >= 0.6 is 11.3 Å². The molecule has 0 bridgehead atoms. The molecule has 1 aromatic heterocycles. The van der Waals surface area contributed by atoms with Crippen molar-refractivity contribution < 1.29 is 17.9 Å². The van der Waals surface area contributed by atoms with Crippen LogP contribution in [0.2, 0.25) is 0 Å². The van der Waals surface area contributed by atoms with E-state index >= 15 is 0 Å². The van der Waals surface area contributed by atoms with Crippen LogP contribution in [0, 0.1) is 0 Å². The maximum atomic E-state index is 12.2. The number of cyclic esters (lactones) is 1. The molecule has 21 heavy (non-hydrogen) atoms. The highest BCUT2D eigenvalue weighted by Crippen LogP contribution is 2.22. The molecule has 0 aromatic carbocycles. The average molecular weight is 332 g/mol. The molecular weight excluding hydrogens is 312 g/mol. The van der Waals surface area contributed by atoms with Crippen LogP contribution in [0.15, 0.2) is 16.3 Å². The van der Waals surface area contributed by atoms with E-state index in [4.69, 9.17) is 4.74 Å². The number of aryl methyl sites for hydroxylation is 1. The third-order valence-electron chi connectivity index (χ3n) is 3.28. The van der Waals surface area contributed by atoms with Gasteiger partial charge in [-0.1, -0.05) is 6.92 Å². The van der Waals surface area contributed by atoms with Gasteiger partial charge in [0.1, 0.15) is 10.3 Å². The maximum absolute atomic E-state index is 12.2. The Labute approximate surface area is 129 Å². The minimum atomic E-state index is -3.53. The van der Waals surface area contributed by atoms with E-state index < -0.39 is 22.2 Å². The molecule has 1 N–H and O–H groups in total. The minimum absolute atomic E-state index is 0.0449. The summed E-state index contributed by atoms with van der Waals surface area (Å²) in [5.41, 5.74) is 0. The molecule has 0 aliphatic carbocycles. The molecule has 1 atom stereocenters. The number of hydrogen-bond acceptors (Lipinski definition) is 5. The van der Waals surface area contributed by atoms with Gasteiger partial charge < -0.3 is 9.64 Å². The van der Waals surface area contributed by atoms with Crippen LogP contribution < -0.4 is 4.72 Å². The summed E-state index contributed by atoms with van der Waals surface area (Å²) in [6, 6.07) is 3.46. The Morgan fingerprint density at radius 2 is 2.19 bits per heavy atom. The van der Waals surface area contributed by atoms with Gasteiger partial charge in [0, 0.05) is 17.5 Å². The van der Waals surface area contributed by atoms with Gasteiger partial charge in [-0.25, -0.2) is 17.9 Å². The molecule has 118 valence electrons. The van der Waals surface area contributed by atoms with E-state index in [-0.39, 0.29) is 12.6 Å². The standard InChI is InChI=1S/C13H20N2O4S2/c1-4-11-5-6-12(20-11)21(17,18)14-7-10-8-15(9(2)3)13(16)19-10/h5-6,9-10,14H,4,7-8H2,1-3H3. The molecular formula is C13H20N2O4S2. The lowest BCUT2D eigenvalue weighted by atomic mass is 10.3. The Morgan fingerprint density at radius 1 is 1.48 bits per heavy atom. The highest BCUT2D eigenvalue weighted by atomic mass is 32.2. The molecule has 2 heterocycles. The van der Waals surface area contributed by atoms with Gasteiger partial charge >= 0.3 is 6.09 Å². The zero-order valence-corrected chi connectivity index (χ0v) is 14.0. The van der Waals surface area contributed by atoms with Crippen molar-refractivity contribution in [1.82, 2.24) is 9.62 Å². The lowest BCUT2D eigenvalue weighted by Crippen LogP contribution is -2.36. The van der Waals surface area contributed by atoms with Crippen molar-refractivity contribution in [2.24, 2.45) is 0 Å². The van der Waals surface area contributed by atoms with Crippen LogP contribution in [0.4, 0.5) is 4.79 Å². The number of carbonyl (C=O) groups is 1. The monoisotopic (exact) mass is 332 g/mol. The van der Waals surface area contributed by atoms with Crippen LogP contribution in [-0.2, 0) is 21.2 Å². The molecule has 0 spiro atoms. The zero-order valence-electron chi connectivity index (χ0n) is 12.3. The van der Waals surface area contributed by atoms with Crippen LogP contribution in [0.25, 0.3) is 0 Å². The predicted octanol–water partition coefficient (Wildman–Crippen LogP) is 1.82. The van der Waals surface area contributed by atoms with Crippen LogP contribution in [-0.4, -0.2) is 44.6 Å². The fraction of sp³-hybridized carbons (Fsp3) is 0.615. The van der Waals surface area contributed by atoms with E-state index in [1.54, 1.807) is 11.0 Å². The Balaban J connectivity index is 1.95. The normalized spacial score (nSPS) is 19.3. The molecule has 1 aliphatic rings. The molecule has 1 aliphatic heterocycles. The molecule has 1 unspecified atom stereocenters. The first-order valence-corrected chi connectivity index (χ1v) is 9.19. The van der Waals surface area contributed by atoms with Crippen molar-refractivity contribution >= 4 is 27.5 Å². The first kappa shape index (κ1) is 16.3. The van der Waals surface area contributed by atoms with Gasteiger partial charge in [-0.15, -0.1) is 11.3 Å². The first-order chi connectivity index (χ1) is 9.83. The number of sulfonamides is 1. The SMILES string of the molecule is CCc1ccc(S(=O)(=O)NCC2CN(C(C)C)C(=O)O2)s1. The van der Waals surface area contributed by atoms with Gasteiger partial charge in [0.15, 0.2) is 0 Å². The number of ether oxygens (including phenoxy) is 1. The summed E-state index contributed by atoms with van der Waals surface area (Å²) in [6.45, 7) is 6.27. The Morgan fingerprint density at radius 3 is 2.71 bits per heavy atom. The summed E-state index contributed by atoms with van der Waals surface area (Å²) < 4.78 is 32.3. The maximum Gasteiger partial charge on any atom is 0.410 e. The summed E-state index contributed by atoms with van der Waals surface area (Å²) in [5.74, 6) is 0. The largest absolute Gasteiger partial charge is 0.443 e. The van der Waals surface area contributed by atoms with E-state index in [9.17, 15) is 13.2 Å². The zero-order chi connectivity index (χ0) is 15.6. The number of amides is 1. The van der Waals surface area contributed by atoms with Crippen molar-refractivity contribution in [2.75, 3.05) is 13.1 Å². The van der Waals surface area contributed by atoms with E-state index in [2.05, 4.69) is 4.72 Å². The van der Waals surface area contributed by atoms with Gasteiger partial charge in [0.05, 0.1) is 6.54 Å². The van der Waals surface area contributed by atoms with Gasteiger partial charge in [-0.3, -0.25) is 0 Å². The number of nitrogens with one attached hydrogen (secondary N) is 1. The van der Waals surface area contributed by atoms with E-state index in [1.807, 2.05) is 26.8 Å². The topological polar surface area (TPSA) is 75.7 Å². The number of nitrogens with zero attached hydrogens (tertiary/aromatic N) is 1. The molecule has 1 fully saturated rings. The lowest BCUT2D eigenvalue weighted by Gasteiger charge is -2.16. The molecule has 1 aromatic rings. The van der Waals surface area contributed by atoms with Crippen molar-refractivity contribution in [3.05, 3.63) is 17.0 Å². The third-order valence-corrected chi connectivity index (χ3v) is 6.42. The molecule has 0 radical (unpaired) electrons. The van der Waals surface area contributed by atoms with Crippen LogP contribution in [0.1, 0.15) is 25.6 Å². The predicted molar refractivity (Wildman–Crippen MR) is 81.0 cm³/mol. The first-order valence-electron chi connectivity index (χ1n) is 6.89. The fourth-order valence-corrected chi connectivity index (χ4v) is 4.44. The van der Waals surface area contributed by atoms with Crippen molar-refractivity contribution in [2.45, 2.75) is 43.5 Å².